The van der Waals surface area contributed by atoms with Gasteiger partial charge < -0.3 is 10.4 Å². The lowest BCUT2D eigenvalue weighted by Crippen LogP contribution is -2.15. The summed E-state index contributed by atoms with van der Waals surface area (Å²) < 4.78 is 1.76. The molecule has 1 aromatic heterocycles. The average molecular weight is 347 g/mol. The Balaban J connectivity index is 1.74. The van der Waals surface area contributed by atoms with Crippen LogP contribution in [0.1, 0.15) is 10.4 Å². The van der Waals surface area contributed by atoms with Gasteiger partial charge in [-0.05, 0) is 52.7 Å². The molecule has 5 heteroatoms. The topological polar surface area (TPSA) is 32.3 Å². The van der Waals surface area contributed by atoms with Crippen LogP contribution in [0.2, 0.25) is 4.34 Å². The van der Waals surface area contributed by atoms with E-state index in [1.54, 1.807) is 23.5 Å². The standard InChI is InChI=1S/C13H13BrClNOS/c14-12-7-11(18-13(12)15)8-16-6-5-9-1-3-10(17)4-2-9/h1-4,7,16-17H,5-6,8H2. The third-order valence-corrected chi connectivity index (χ3v) is 5.00. The van der Waals surface area contributed by atoms with Crippen molar-refractivity contribution in [3.63, 3.8) is 0 Å². The molecule has 0 aliphatic carbocycles. The lowest BCUT2D eigenvalue weighted by atomic mass is 10.1. The van der Waals surface area contributed by atoms with Crippen molar-refractivity contribution in [2.75, 3.05) is 6.54 Å². The summed E-state index contributed by atoms with van der Waals surface area (Å²) in [6.07, 6.45) is 0.945. The second-order valence-corrected chi connectivity index (χ2v) is 6.52. The Morgan fingerprint density at radius 2 is 2.00 bits per heavy atom. The van der Waals surface area contributed by atoms with Gasteiger partial charge >= 0.3 is 0 Å². The molecule has 0 saturated heterocycles. The quantitative estimate of drug-likeness (QED) is 0.795. The van der Waals surface area contributed by atoms with E-state index in [0.717, 1.165) is 28.3 Å². The van der Waals surface area contributed by atoms with E-state index in [4.69, 9.17) is 11.6 Å². The maximum absolute atomic E-state index is 9.17. The minimum atomic E-state index is 0.310. The van der Waals surface area contributed by atoms with Crippen molar-refractivity contribution >= 4 is 38.9 Å². The van der Waals surface area contributed by atoms with Crippen molar-refractivity contribution < 1.29 is 5.11 Å². The normalized spacial score (nSPS) is 10.8. The molecule has 0 saturated carbocycles. The molecular weight excluding hydrogens is 334 g/mol. The Labute approximate surface area is 124 Å². The molecule has 0 amide bonds. The van der Waals surface area contributed by atoms with Crippen LogP contribution in [0.3, 0.4) is 0 Å². The van der Waals surface area contributed by atoms with Gasteiger partial charge in [-0.25, -0.2) is 0 Å². The van der Waals surface area contributed by atoms with Crippen LogP contribution in [0.15, 0.2) is 34.8 Å². The average Bonchev–Trinajstić information content (AvgIpc) is 2.67. The summed E-state index contributed by atoms with van der Waals surface area (Å²) in [5, 5.41) is 12.5. The number of halogens is 2. The number of phenolic OH excluding ortho intramolecular Hbond substituents is 1. The maximum Gasteiger partial charge on any atom is 0.115 e. The molecular formula is C13H13BrClNOS. The highest BCUT2D eigenvalue weighted by Crippen LogP contribution is 2.31. The van der Waals surface area contributed by atoms with Crippen LogP contribution in [0.25, 0.3) is 0 Å². The van der Waals surface area contributed by atoms with Crippen LogP contribution >= 0.6 is 38.9 Å². The minimum Gasteiger partial charge on any atom is -0.508 e. The predicted molar refractivity (Wildman–Crippen MR) is 80.5 cm³/mol. The van der Waals surface area contributed by atoms with Gasteiger partial charge in [0.2, 0.25) is 0 Å². The molecule has 0 radical (unpaired) electrons. The molecule has 2 N–H and O–H groups in total. The molecule has 0 aliphatic rings. The first-order valence-electron chi connectivity index (χ1n) is 5.57. The van der Waals surface area contributed by atoms with Crippen molar-refractivity contribution in [2.45, 2.75) is 13.0 Å². The summed E-state index contributed by atoms with van der Waals surface area (Å²) in [5.74, 6) is 0.310. The molecule has 96 valence electrons. The summed E-state index contributed by atoms with van der Waals surface area (Å²) in [7, 11) is 0. The van der Waals surface area contributed by atoms with Crippen molar-refractivity contribution in [2.24, 2.45) is 0 Å². The summed E-state index contributed by atoms with van der Waals surface area (Å²) >= 11 is 11.0. The van der Waals surface area contributed by atoms with Gasteiger partial charge in [0.15, 0.2) is 0 Å². The molecule has 0 atom stereocenters. The van der Waals surface area contributed by atoms with Gasteiger partial charge in [-0.3, -0.25) is 0 Å². The highest BCUT2D eigenvalue weighted by atomic mass is 79.9. The van der Waals surface area contributed by atoms with E-state index in [9.17, 15) is 5.11 Å². The summed E-state index contributed by atoms with van der Waals surface area (Å²) in [6, 6.07) is 9.35. The van der Waals surface area contributed by atoms with Crippen molar-refractivity contribution in [1.29, 1.82) is 0 Å². The zero-order valence-electron chi connectivity index (χ0n) is 9.62. The lowest BCUT2D eigenvalue weighted by molar-refractivity contribution is 0.475. The molecule has 1 heterocycles. The Hall–Kier alpha value is -0.550. The molecule has 2 nitrogen and oxygen atoms in total. The SMILES string of the molecule is Oc1ccc(CCNCc2cc(Br)c(Cl)s2)cc1. The Morgan fingerprint density at radius 1 is 1.28 bits per heavy atom. The number of hydrogen-bond donors (Lipinski definition) is 2. The fourth-order valence-electron chi connectivity index (χ4n) is 1.59. The molecule has 0 spiro atoms. The van der Waals surface area contributed by atoms with Crippen LogP contribution in [-0.2, 0) is 13.0 Å². The maximum atomic E-state index is 9.17. The van der Waals surface area contributed by atoms with E-state index in [1.165, 1.54) is 10.4 Å². The third-order valence-electron chi connectivity index (χ3n) is 2.52. The van der Waals surface area contributed by atoms with Gasteiger partial charge in [0.25, 0.3) is 0 Å². The van der Waals surface area contributed by atoms with Crippen molar-refractivity contribution in [1.82, 2.24) is 5.32 Å². The highest BCUT2D eigenvalue weighted by molar-refractivity contribution is 9.10. The molecule has 0 bridgehead atoms. The first-order valence-corrected chi connectivity index (χ1v) is 7.56. The Morgan fingerprint density at radius 3 is 2.61 bits per heavy atom. The van der Waals surface area contributed by atoms with Crippen LogP contribution in [0.4, 0.5) is 0 Å². The molecule has 0 aliphatic heterocycles. The largest absolute Gasteiger partial charge is 0.508 e. The summed E-state index contributed by atoms with van der Waals surface area (Å²) in [4.78, 5) is 1.22. The van der Waals surface area contributed by atoms with Crippen LogP contribution in [0, 0.1) is 0 Å². The van der Waals surface area contributed by atoms with Gasteiger partial charge in [0.1, 0.15) is 10.1 Å². The predicted octanol–water partition coefficient (Wildman–Crippen LogP) is 4.20. The summed E-state index contributed by atoms with van der Waals surface area (Å²) in [5.41, 5.74) is 1.21. The number of benzene rings is 1. The molecule has 2 aromatic rings. The van der Waals surface area contributed by atoms with E-state index < -0.39 is 0 Å². The van der Waals surface area contributed by atoms with Gasteiger partial charge in [-0.1, -0.05) is 23.7 Å². The highest BCUT2D eigenvalue weighted by Gasteiger charge is 2.03. The lowest BCUT2D eigenvalue weighted by Gasteiger charge is -2.03. The van der Waals surface area contributed by atoms with E-state index in [1.807, 2.05) is 18.2 Å². The van der Waals surface area contributed by atoms with Gasteiger partial charge in [-0.2, -0.15) is 0 Å². The number of rotatable bonds is 5. The number of aromatic hydroxyl groups is 1. The molecule has 18 heavy (non-hydrogen) atoms. The smallest absolute Gasteiger partial charge is 0.115 e. The fourth-order valence-corrected chi connectivity index (χ4v) is 3.35. The monoisotopic (exact) mass is 345 g/mol. The second-order valence-electron chi connectivity index (χ2n) is 3.93. The number of nitrogens with one attached hydrogen (secondary N) is 1. The number of hydrogen-bond acceptors (Lipinski definition) is 3. The Kier molecular flexibility index (Phi) is 5.06. The zero-order chi connectivity index (χ0) is 13.0. The second kappa shape index (κ2) is 6.57. The summed E-state index contributed by atoms with van der Waals surface area (Å²) in [6.45, 7) is 1.73. The van der Waals surface area contributed by atoms with Crippen LogP contribution < -0.4 is 5.32 Å². The first-order chi connectivity index (χ1) is 8.65. The van der Waals surface area contributed by atoms with E-state index in [-0.39, 0.29) is 0 Å². The van der Waals surface area contributed by atoms with E-state index in [2.05, 4.69) is 21.2 Å². The van der Waals surface area contributed by atoms with Gasteiger partial charge in [0, 0.05) is 15.9 Å². The van der Waals surface area contributed by atoms with Gasteiger partial charge in [-0.15, -0.1) is 11.3 Å². The molecule has 1 aromatic carbocycles. The molecule has 0 fully saturated rings. The number of thiophene rings is 1. The first kappa shape index (κ1) is 13.9. The van der Waals surface area contributed by atoms with Crippen LogP contribution in [0.5, 0.6) is 5.75 Å². The van der Waals surface area contributed by atoms with Crippen molar-refractivity contribution in [3.8, 4) is 5.75 Å². The van der Waals surface area contributed by atoms with Crippen LogP contribution in [-0.4, -0.2) is 11.7 Å². The van der Waals surface area contributed by atoms with Gasteiger partial charge in [0.05, 0.1) is 0 Å². The minimum absolute atomic E-state index is 0.310. The Bertz CT molecular complexity index is 493. The van der Waals surface area contributed by atoms with E-state index >= 15 is 0 Å². The zero-order valence-corrected chi connectivity index (χ0v) is 12.8. The van der Waals surface area contributed by atoms with E-state index in [0.29, 0.717) is 5.75 Å². The fraction of sp³-hybridized carbons (Fsp3) is 0.231. The van der Waals surface area contributed by atoms with Crippen molar-refractivity contribution in [3.05, 3.63) is 49.6 Å². The number of phenols is 1. The molecule has 0 unspecified atom stereocenters. The molecule has 2 rings (SSSR count). The third kappa shape index (κ3) is 3.99.